The van der Waals surface area contributed by atoms with Crippen molar-refractivity contribution in [2.24, 2.45) is 5.92 Å². The molecule has 1 fully saturated rings. The van der Waals surface area contributed by atoms with Gasteiger partial charge in [0.15, 0.2) is 0 Å². The third-order valence-corrected chi connectivity index (χ3v) is 8.77. The lowest BCUT2D eigenvalue weighted by Crippen LogP contribution is -2.47. The normalized spacial score (nSPS) is 19.1. The lowest BCUT2D eigenvalue weighted by Gasteiger charge is -2.44. The molecule has 1 saturated heterocycles. The smallest absolute Gasteiger partial charge is 0.323 e. The van der Waals surface area contributed by atoms with Crippen molar-refractivity contribution < 1.29 is 14.3 Å². The molecule has 2 atom stereocenters. The van der Waals surface area contributed by atoms with Crippen LogP contribution in [0.25, 0.3) is 0 Å². The van der Waals surface area contributed by atoms with Crippen molar-refractivity contribution in [1.82, 2.24) is 9.88 Å². The van der Waals surface area contributed by atoms with Gasteiger partial charge in [-0.15, -0.1) is 0 Å². The van der Waals surface area contributed by atoms with Crippen LogP contribution < -0.4 is 31.1 Å². The van der Waals surface area contributed by atoms with Crippen LogP contribution in [0.15, 0.2) is 77.1 Å². The number of amides is 3. The highest BCUT2D eigenvalue weighted by atomic mass is 16.5. The molecule has 9 nitrogen and oxygen atoms in total. The summed E-state index contributed by atoms with van der Waals surface area (Å²) in [5.74, 6) is 0.988. The van der Waals surface area contributed by atoms with Crippen LogP contribution in [-0.4, -0.2) is 43.2 Å². The molecule has 3 amide bonds. The zero-order valence-corrected chi connectivity index (χ0v) is 24.6. The predicted molar refractivity (Wildman–Crippen MR) is 169 cm³/mol. The van der Waals surface area contributed by atoms with Crippen LogP contribution in [0.1, 0.15) is 60.5 Å². The average Bonchev–Trinajstić information content (AvgIpc) is 3.02. The molecule has 3 heterocycles. The Morgan fingerprint density at radius 2 is 1.86 bits per heavy atom. The number of nitrogens with one attached hydrogen (secondary N) is 3. The molecule has 0 saturated carbocycles. The van der Waals surface area contributed by atoms with Gasteiger partial charge < -0.3 is 30.2 Å². The van der Waals surface area contributed by atoms with Crippen molar-refractivity contribution in [3.8, 4) is 5.75 Å². The summed E-state index contributed by atoms with van der Waals surface area (Å²) < 4.78 is 7.20. The van der Waals surface area contributed by atoms with Gasteiger partial charge in [0.2, 0.25) is 0 Å². The van der Waals surface area contributed by atoms with Crippen molar-refractivity contribution in [3.63, 3.8) is 0 Å². The number of benzene rings is 2. The maximum atomic E-state index is 13.2. The summed E-state index contributed by atoms with van der Waals surface area (Å²) >= 11 is 0. The van der Waals surface area contributed by atoms with Crippen LogP contribution in [0.2, 0.25) is 0 Å². The number of methoxy groups -OCH3 is 1. The lowest BCUT2D eigenvalue weighted by molar-refractivity contribution is 0.0954. The highest BCUT2D eigenvalue weighted by Crippen LogP contribution is 2.39. The Morgan fingerprint density at radius 3 is 2.70 bits per heavy atom. The Labute approximate surface area is 251 Å². The number of fused-ring (bicyclic) bond motifs is 4. The summed E-state index contributed by atoms with van der Waals surface area (Å²) in [5, 5.41) is 8.95. The zero-order valence-electron chi connectivity index (χ0n) is 24.6. The minimum atomic E-state index is -0.412. The van der Waals surface area contributed by atoms with Crippen LogP contribution in [0, 0.1) is 5.92 Å². The molecule has 0 spiro atoms. The van der Waals surface area contributed by atoms with Crippen molar-refractivity contribution >= 4 is 29.0 Å². The summed E-state index contributed by atoms with van der Waals surface area (Å²) in [4.78, 5) is 41.2. The maximum Gasteiger partial charge on any atom is 0.323 e. The predicted octanol–water partition coefficient (Wildman–Crippen LogP) is 5.74. The molecule has 1 aromatic heterocycles. The van der Waals surface area contributed by atoms with Crippen molar-refractivity contribution in [2.45, 2.75) is 51.0 Å². The highest BCUT2D eigenvalue weighted by Gasteiger charge is 2.35. The minimum absolute atomic E-state index is 0.0485. The van der Waals surface area contributed by atoms with Crippen LogP contribution in [0.5, 0.6) is 5.75 Å². The third-order valence-electron chi connectivity index (χ3n) is 8.77. The Kier molecular flexibility index (Phi) is 8.49. The second-order valence-corrected chi connectivity index (χ2v) is 11.8. The van der Waals surface area contributed by atoms with Gasteiger partial charge in [-0.1, -0.05) is 23.8 Å². The second kappa shape index (κ2) is 12.8. The summed E-state index contributed by atoms with van der Waals surface area (Å²) in [7, 11) is 1.58. The van der Waals surface area contributed by atoms with Gasteiger partial charge in [0.25, 0.3) is 11.5 Å². The van der Waals surface area contributed by atoms with Gasteiger partial charge >= 0.3 is 6.03 Å². The largest absolute Gasteiger partial charge is 0.497 e. The van der Waals surface area contributed by atoms with E-state index in [0.717, 1.165) is 43.6 Å². The maximum absolute atomic E-state index is 13.2. The molecule has 2 aliphatic heterocycles. The van der Waals surface area contributed by atoms with E-state index in [-0.39, 0.29) is 17.4 Å². The van der Waals surface area contributed by atoms with Crippen LogP contribution >= 0.6 is 0 Å². The number of urea groups is 1. The SMILES string of the molecule is COc1cccc(NC(=O)Nc2cc(C(=O)NCCC3=CCCCC3)ccc2N2C[C@H]3C[C@@H](C2)c2cccc(=O)n2C3)c1. The summed E-state index contributed by atoms with van der Waals surface area (Å²) in [5.41, 5.74) is 5.03. The fraction of sp³-hybridized carbons (Fsp3) is 0.382. The van der Waals surface area contributed by atoms with Gasteiger partial charge in [0.1, 0.15) is 5.75 Å². The third kappa shape index (κ3) is 6.61. The van der Waals surface area contributed by atoms with Gasteiger partial charge in [-0.2, -0.15) is 0 Å². The number of rotatable bonds is 8. The molecule has 224 valence electrons. The molecule has 2 bridgehead atoms. The van der Waals surface area contributed by atoms with E-state index in [1.807, 2.05) is 41.0 Å². The van der Waals surface area contributed by atoms with Gasteiger partial charge in [-0.05, 0) is 80.8 Å². The number of hydrogen-bond acceptors (Lipinski definition) is 5. The first-order valence-corrected chi connectivity index (χ1v) is 15.2. The van der Waals surface area contributed by atoms with E-state index in [2.05, 4.69) is 26.9 Å². The fourth-order valence-corrected chi connectivity index (χ4v) is 6.70. The van der Waals surface area contributed by atoms with Crippen LogP contribution in [0.3, 0.4) is 0 Å². The Hall–Kier alpha value is -4.53. The first kappa shape index (κ1) is 28.6. The first-order valence-electron chi connectivity index (χ1n) is 15.2. The number of aromatic nitrogens is 1. The summed E-state index contributed by atoms with van der Waals surface area (Å²) in [6.07, 6.45) is 8.88. The minimum Gasteiger partial charge on any atom is -0.497 e. The van der Waals surface area contributed by atoms with Crippen LogP contribution in [0.4, 0.5) is 21.9 Å². The van der Waals surface area contributed by atoms with E-state index in [9.17, 15) is 14.4 Å². The van der Waals surface area contributed by atoms with E-state index < -0.39 is 6.03 Å². The first-order chi connectivity index (χ1) is 21.0. The summed E-state index contributed by atoms with van der Waals surface area (Å²) in [6.45, 7) is 2.73. The van der Waals surface area contributed by atoms with Gasteiger partial charge in [-0.25, -0.2) is 4.79 Å². The number of anilines is 3. The monoisotopic (exact) mass is 581 g/mol. The van der Waals surface area contributed by atoms with Gasteiger partial charge in [-0.3, -0.25) is 9.59 Å². The van der Waals surface area contributed by atoms with E-state index in [1.54, 1.807) is 31.4 Å². The average molecular weight is 582 g/mol. The van der Waals surface area contributed by atoms with Crippen molar-refractivity contribution in [2.75, 3.05) is 42.3 Å². The molecule has 1 aliphatic carbocycles. The van der Waals surface area contributed by atoms with Crippen molar-refractivity contribution in [1.29, 1.82) is 0 Å². The number of nitrogens with zero attached hydrogens (tertiary/aromatic N) is 2. The quantitative estimate of drug-likeness (QED) is 0.294. The Balaban J connectivity index is 1.23. The number of allylic oxidation sites excluding steroid dienone is 1. The fourth-order valence-electron chi connectivity index (χ4n) is 6.70. The number of pyridine rings is 1. The van der Waals surface area contributed by atoms with E-state index >= 15 is 0 Å². The molecule has 6 rings (SSSR count). The second-order valence-electron chi connectivity index (χ2n) is 11.8. The molecule has 0 unspecified atom stereocenters. The number of hydrogen-bond donors (Lipinski definition) is 3. The van der Waals surface area contributed by atoms with Gasteiger partial charge in [0, 0.05) is 61.2 Å². The van der Waals surface area contributed by atoms with E-state index in [0.29, 0.717) is 48.2 Å². The Bertz CT molecular complexity index is 1600. The number of ether oxygens (including phenoxy) is 1. The topological polar surface area (TPSA) is 105 Å². The molecule has 3 aliphatic rings. The molecule has 43 heavy (non-hydrogen) atoms. The van der Waals surface area contributed by atoms with E-state index in [1.165, 1.54) is 18.4 Å². The standard InChI is InChI=1S/C34H39N5O4/c1-43-28-10-5-9-27(19-28)36-34(42)37-29-18-25(33(41)35-16-15-23-7-3-2-4-8-23)13-14-31(29)38-20-24-17-26(22-38)30-11-6-12-32(40)39(30)21-24/h5-7,9-14,18-19,24,26H,2-4,8,15-17,20-22H2,1H3,(H,35,41)(H2,36,37,42)/t24-,26+/m1/s1. The van der Waals surface area contributed by atoms with E-state index in [4.69, 9.17) is 4.74 Å². The molecular weight excluding hydrogens is 542 g/mol. The van der Waals surface area contributed by atoms with Gasteiger partial charge in [0.05, 0.1) is 18.5 Å². The molecule has 9 heteroatoms. The lowest BCUT2D eigenvalue weighted by atomic mass is 9.83. The molecule has 3 aromatic rings. The molecule has 0 radical (unpaired) electrons. The number of carbonyl (C=O) groups excluding carboxylic acids is 2. The van der Waals surface area contributed by atoms with Crippen LogP contribution in [-0.2, 0) is 6.54 Å². The molecule has 3 N–H and O–H groups in total. The number of carbonyl (C=O) groups is 2. The Morgan fingerprint density at radius 1 is 0.977 bits per heavy atom. The van der Waals surface area contributed by atoms with Crippen molar-refractivity contribution in [3.05, 3.63) is 93.9 Å². The highest BCUT2D eigenvalue weighted by molar-refractivity contribution is 6.04. The zero-order chi connectivity index (χ0) is 29.8. The molecule has 2 aromatic carbocycles. The summed E-state index contributed by atoms with van der Waals surface area (Å²) in [6, 6.07) is 17.8. The molecular formula is C34H39N5O4. The number of piperidine rings is 1.